The average molecular weight is 239 g/mol. The number of nitrogens with one attached hydrogen (secondary N) is 1. The molecule has 1 N–H and O–H groups in total. The highest BCUT2D eigenvalue weighted by Crippen LogP contribution is 2.38. The van der Waals surface area contributed by atoms with E-state index in [2.05, 4.69) is 11.4 Å². The summed E-state index contributed by atoms with van der Waals surface area (Å²) in [6.45, 7) is 0.219. The van der Waals surface area contributed by atoms with Gasteiger partial charge in [0.1, 0.15) is 0 Å². The third-order valence-electron chi connectivity index (χ3n) is 3.21. The van der Waals surface area contributed by atoms with Gasteiger partial charge in [-0.3, -0.25) is 4.79 Å². The fourth-order valence-corrected chi connectivity index (χ4v) is 1.85. The van der Waals surface area contributed by atoms with Gasteiger partial charge in [-0.2, -0.15) is 10.5 Å². The Morgan fingerprint density at radius 2 is 2.17 bits per heavy atom. The number of hydrogen-bond acceptors (Lipinski definition) is 4. The molecule has 18 heavy (non-hydrogen) atoms. The lowest BCUT2D eigenvalue weighted by atomic mass is 10.1. The maximum Gasteiger partial charge on any atom is 0.176 e. The largest absolute Gasteiger partial charge is 0.303 e. The van der Waals surface area contributed by atoms with Crippen molar-refractivity contribution in [3.63, 3.8) is 0 Å². The number of Topliss-reactive ketones (excluding diaryl/α,β-unsaturated/α-hetero) is 1. The summed E-state index contributed by atoms with van der Waals surface area (Å²) in [5.41, 5.74) is 0.880. The fourth-order valence-electron chi connectivity index (χ4n) is 1.85. The number of ketones is 1. The lowest BCUT2D eigenvalue weighted by Crippen LogP contribution is -2.35. The van der Waals surface area contributed by atoms with Crippen molar-refractivity contribution in [1.29, 1.82) is 10.5 Å². The summed E-state index contributed by atoms with van der Waals surface area (Å²) >= 11 is 0. The van der Waals surface area contributed by atoms with Crippen molar-refractivity contribution >= 4 is 5.78 Å². The summed E-state index contributed by atoms with van der Waals surface area (Å²) in [5.74, 6) is -0.0451. The molecule has 4 heteroatoms. The monoisotopic (exact) mass is 239 g/mol. The number of nitriles is 2. The first-order valence-electron chi connectivity index (χ1n) is 5.84. The van der Waals surface area contributed by atoms with Crippen LogP contribution in [-0.2, 0) is 0 Å². The molecular formula is C14H13N3O. The highest BCUT2D eigenvalue weighted by atomic mass is 16.1. The lowest BCUT2D eigenvalue weighted by Gasteiger charge is -2.12. The first-order valence-corrected chi connectivity index (χ1v) is 5.84. The van der Waals surface area contributed by atoms with Gasteiger partial charge in [-0.1, -0.05) is 12.1 Å². The molecule has 0 aliphatic heterocycles. The number of nitrogens with zero attached hydrogens (tertiary/aromatic N) is 2. The van der Waals surface area contributed by atoms with Crippen molar-refractivity contribution in [2.45, 2.75) is 24.8 Å². The van der Waals surface area contributed by atoms with Crippen LogP contribution in [0.2, 0.25) is 0 Å². The summed E-state index contributed by atoms with van der Waals surface area (Å²) < 4.78 is 0. The molecule has 4 nitrogen and oxygen atoms in total. The van der Waals surface area contributed by atoms with Gasteiger partial charge in [-0.15, -0.1) is 0 Å². The minimum absolute atomic E-state index is 0.0451. The smallest absolute Gasteiger partial charge is 0.176 e. The quantitative estimate of drug-likeness (QED) is 0.794. The van der Waals surface area contributed by atoms with Crippen molar-refractivity contribution < 1.29 is 4.79 Å². The Labute approximate surface area is 106 Å². The van der Waals surface area contributed by atoms with Gasteiger partial charge in [0.25, 0.3) is 0 Å². The first kappa shape index (κ1) is 12.3. The maximum atomic E-state index is 11.9. The molecule has 0 spiro atoms. The molecule has 0 atom stereocenters. The summed E-state index contributed by atoms with van der Waals surface area (Å²) in [5, 5.41) is 20.6. The van der Waals surface area contributed by atoms with Gasteiger partial charge in [-0.05, 0) is 25.0 Å². The normalized spacial score (nSPS) is 15.4. The van der Waals surface area contributed by atoms with Crippen LogP contribution in [0.15, 0.2) is 24.3 Å². The molecule has 1 saturated carbocycles. The van der Waals surface area contributed by atoms with Gasteiger partial charge in [0.05, 0.1) is 30.7 Å². The van der Waals surface area contributed by atoms with Crippen LogP contribution in [0.5, 0.6) is 0 Å². The van der Waals surface area contributed by atoms with Gasteiger partial charge in [0.2, 0.25) is 0 Å². The van der Waals surface area contributed by atoms with Crippen molar-refractivity contribution in [2.24, 2.45) is 0 Å². The third kappa shape index (κ3) is 2.74. The number of hydrogen-bond donors (Lipinski definition) is 1. The van der Waals surface area contributed by atoms with E-state index < -0.39 is 0 Å². The van der Waals surface area contributed by atoms with E-state index in [1.807, 2.05) is 6.07 Å². The van der Waals surface area contributed by atoms with Crippen LogP contribution in [0.25, 0.3) is 0 Å². The van der Waals surface area contributed by atoms with Gasteiger partial charge in [0, 0.05) is 11.1 Å². The SMILES string of the molecule is N#CCC1(NCC(=O)c2cccc(C#N)c2)CC1. The van der Waals surface area contributed by atoms with E-state index in [4.69, 9.17) is 10.5 Å². The van der Waals surface area contributed by atoms with E-state index in [9.17, 15) is 4.79 Å². The fraction of sp³-hybridized carbons (Fsp3) is 0.357. The number of carbonyl (C=O) groups is 1. The van der Waals surface area contributed by atoms with E-state index in [0.29, 0.717) is 17.5 Å². The highest BCUT2D eigenvalue weighted by Gasteiger charge is 2.42. The summed E-state index contributed by atoms with van der Waals surface area (Å²) in [4.78, 5) is 11.9. The zero-order valence-electron chi connectivity index (χ0n) is 9.94. The van der Waals surface area contributed by atoms with Crippen LogP contribution >= 0.6 is 0 Å². The Kier molecular flexibility index (Phi) is 3.41. The molecule has 0 radical (unpaired) electrons. The molecular weight excluding hydrogens is 226 g/mol. The van der Waals surface area contributed by atoms with E-state index in [1.165, 1.54) is 0 Å². The molecule has 0 amide bonds. The number of carbonyl (C=O) groups excluding carboxylic acids is 1. The molecule has 0 saturated heterocycles. The molecule has 1 aliphatic carbocycles. The molecule has 1 fully saturated rings. The summed E-state index contributed by atoms with van der Waals surface area (Å²) in [6, 6.07) is 10.8. The lowest BCUT2D eigenvalue weighted by molar-refractivity contribution is 0.0985. The van der Waals surface area contributed by atoms with Gasteiger partial charge in [0.15, 0.2) is 5.78 Å². The van der Waals surface area contributed by atoms with Gasteiger partial charge >= 0.3 is 0 Å². The summed E-state index contributed by atoms with van der Waals surface area (Å²) in [6.07, 6.45) is 2.34. The van der Waals surface area contributed by atoms with Gasteiger partial charge < -0.3 is 5.32 Å². The minimum atomic E-state index is -0.142. The topological polar surface area (TPSA) is 76.7 Å². The zero-order chi connectivity index (χ0) is 13.0. The van der Waals surface area contributed by atoms with E-state index in [1.54, 1.807) is 24.3 Å². The Morgan fingerprint density at radius 1 is 1.39 bits per heavy atom. The van der Waals surface area contributed by atoms with E-state index >= 15 is 0 Å². The van der Waals surface area contributed by atoms with E-state index in [-0.39, 0.29) is 17.9 Å². The van der Waals surface area contributed by atoms with Crippen molar-refractivity contribution in [3.8, 4) is 12.1 Å². The standard InChI is InChI=1S/C14H13N3O/c15-7-6-14(4-5-14)17-10-13(18)12-3-1-2-11(8-12)9-16/h1-3,8,17H,4-6,10H2. The van der Waals surface area contributed by atoms with Crippen LogP contribution in [-0.4, -0.2) is 17.9 Å². The Morgan fingerprint density at radius 3 is 2.78 bits per heavy atom. The van der Waals surface area contributed by atoms with E-state index in [0.717, 1.165) is 12.8 Å². The summed E-state index contributed by atoms with van der Waals surface area (Å²) in [7, 11) is 0. The zero-order valence-corrected chi connectivity index (χ0v) is 9.94. The Bertz CT molecular complexity index is 547. The van der Waals surface area contributed by atoms with Crippen molar-refractivity contribution in [1.82, 2.24) is 5.32 Å². The molecule has 1 aromatic rings. The average Bonchev–Trinajstić information content (AvgIpc) is 3.17. The van der Waals surface area contributed by atoms with Crippen LogP contribution < -0.4 is 5.32 Å². The van der Waals surface area contributed by atoms with Crippen molar-refractivity contribution in [2.75, 3.05) is 6.54 Å². The van der Waals surface area contributed by atoms with Gasteiger partial charge in [-0.25, -0.2) is 0 Å². The van der Waals surface area contributed by atoms with Crippen LogP contribution in [0.3, 0.4) is 0 Å². The molecule has 0 unspecified atom stereocenters. The first-order chi connectivity index (χ1) is 8.69. The number of benzene rings is 1. The Hall–Kier alpha value is -2.17. The molecule has 2 rings (SSSR count). The van der Waals surface area contributed by atoms with Crippen LogP contribution in [0.1, 0.15) is 35.2 Å². The second-order valence-corrected chi connectivity index (χ2v) is 4.58. The van der Waals surface area contributed by atoms with Crippen LogP contribution in [0, 0.1) is 22.7 Å². The molecule has 1 aliphatic rings. The van der Waals surface area contributed by atoms with Crippen LogP contribution in [0.4, 0.5) is 0 Å². The predicted molar refractivity (Wildman–Crippen MR) is 65.7 cm³/mol. The molecule has 1 aromatic carbocycles. The minimum Gasteiger partial charge on any atom is -0.303 e. The Balaban J connectivity index is 1.96. The maximum absolute atomic E-state index is 11.9. The molecule has 0 aromatic heterocycles. The molecule has 90 valence electrons. The molecule has 0 bridgehead atoms. The van der Waals surface area contributed by atoms with Crippen molar-refractivity contribution in [3.05, 3.63) is 35.4 Å². The molecule has 0 heterocycles. The highest BCUT2D eigenvalue weighted by molar-refractivity contribution is 5.98. The third-order valence-corrected chi connectivity index (χ3v) is 3.21. The predicted octanol–water partition coefficient (Wildman–Crippen LogP) is 1.78. The second kappa shape index (κ2) is 5.00. The number of rotatable bonds is 5. The second-order valence-electron chi connectivity index (χ2n) is 4.58.